The van der Waals surface area contributed by atoms with Crippen molar-refractivity contribution in [2.24, 2.45) is 5.92 Å². The summed E-state index contributed by atoms with van der Waals surface area (Å²) in [5.74, 6) is 0.367. The lowest BCUT2D eigenvalue weighted by molar-refractivity contribution is -0.0595. The van der Waals surface area contributed by atoms with Crippen molar-refractivity contribution >= 4 is 5.91 Å². The number of aryl methyl sites for hydroxylation is 1. The number of carbonyl (C=O) groups excluding carboxylic acids is 1. The van der Waals surface area contributed by atoms with Crippen molar-refractivity contribution in [3.8, 4) is 0 Å². The largest absolute Gasteiger partial charge is 0.339 e. The van der Waals surface area contributed by atoms with Crippen LogP contribution in [0.3, 0.4) is 0 Å². The van der Waals surface area contributed by atoms with Crippen molar-refractivity contribution in [1.29, 1.82) is 0 Å². The number of hydrogen-bond donors (Lipinski definition) is 2. The molecule has 1 amide bonds. The topological polar surface area (TPSA) is 55.8 Å². The van der Waals surface area contributed by atoms with Gasteiger partial charge in [0.1, 0.15) is 0 Å². The minimum atomic E-state index is -0.0255. The maximum atomic E-state index is 12.2. The van der Waals surface area contributed by atoms with E-state index in [-0.39, 0.29) is 5.91 Å². The van der Waals surface area contributed by atoms with Crippen molar-refractivity contribution in [3.63, 3.8) is 0 Å². The molecule has 0 aromatic heterocycles. The summed E-state index contributed by atoms with van der Waals surface area (Å²) in [6, 6.07) is 7.64. The molecule has 1 aromatic rings. The van der Waals surface area contributed by atoms with Crippen molar-refractivity contribution < 1.29 is 10.0 Å². The van der Waals surface area contributed by atoms with Crippen LogP contribution in [0.1, 0.15) is 28.8 Å². The number of nitrogens with one attached hydrogen (secondary N) is 1. The van der Waals surface area contributed by atoms with Gasteiger partial charge < -0.3 is 5.32 Å². The summed E-state index contributed by atoms with van der Waals surface area (Å²) < 4.78 is 0. The second-order valence-electron chi connectivity index (χ2n) is 6.53. The molecule has 128 valence electrons. The van der Waals surface area contributed by atoms with Crippen molar-refractivity contribution in [2.45, 2.75) is 19.8 Å². The molecule has 0 radical (unpaired) electrons. The van der Waals surface area contributed by atoms with Gasteiger partial charge in [0, 0.05) is 30.3 Å². The van der Waals surface area contributed by atoms with Gasteiger partial charge in [-0.05, 0) is 38.0 Å². The fourth-order valence-corrected chi connectivity index (χ4v) is 3.32. The van der Waals surface area contributed by atoms with Crippen LogP contribution in [0.25, 0.3) is 0 Å². The van der Waals surface area contributed by atoms with E-state index in [1.165, 1.54) is 5.06 Å². The second kappa shape index (κ2) is 7.64. The Morgan fingerprint density at radius 1 is 1.33 bits per heavy atom. The van der Waals surface area contributed by atoms with Gasteiger partial charge in [0.15, 0.2) is 0 Å². The molecule has 0 bridgehead atoms. The zero-order valence-electron chi connectivity index (χ0n) is 14.1. The normalized spacial score (nSPS) is 19.2. The molecule has 1 saturated heterocycles. The van der Waals surface area contributed by atoms with Crippen LogP contribution in [0, 0.1) is 12.8 Å². The molecule has 5 nitrogen and oxygen atoms in total. The summed E-state index contributed by atoms with van der Waals surface area (Å²) in [4.78, 5) is 14.5. The van der Waals surface area contributed by atoms with Gasteiger partial charge in [-0.3, -0.25) is 20.0 Å². The van der Waals surface area contributed by atoms with Crippen molar-refractivity contribution in [1.82, 2.24) is 15.3 Å². The summed E-state index contributed by atoms with van der Waals surface area (Å²) in [5.41, 5.74) is 2.81. The molecule has 3 rings (SSSR count). The van der Waals surface area contributed by atoms with E-state index in [1.807, 2.05) is 49.4 Å². The van der Waals surface area contributed by atoms with E-state index in [0.29, 0.717) is 24.7 Å². The van der Waals surface area contributed by atoms with Gasteiger partial charge >= 0.3 is 0 Å². The van der Waals surface area contributed by atoms with Crippen molar-refractivity contribution in [2.75, 3.05) is 26.3 Å². The molecule has 1 aromatic carbocycles. The van der Waals surface area contributed by atoms with E-state index >= 15 is 0 Å². The van der Waals surface area contributed by atoms with Gasteiger partial charge in [0.05, 0.1) is 13.2 Å². The predicted octanol–water partition coefficient (Wildman–Crippen LogP) is 2.54. The Kier molecular flexibility index (Phi) is 5.33. The first kappa shape index (κ1) is 16.7. The van der Waals surface area contributed by atoms with Gasteiger partial charge in [-0.25, -0.2) is 0 Å². The van der Waals surface area contributed by atoms with Crippen LogP contribution in [0.4, 0.5) is 0 Å². The second-order valence-corrected chi connectivity index (χ2v) is 6.53. The maximum absolute atomic E-state index is 12.2. The lowest BCUT2D eigenvalue weighted by Gasteiger charge is -2.35. The van der Waals surface area contributed by atoms with Crippen LogP contribution >= 0.6 is 0 Å². The highest BCUT2D eigenvalue weighted by Gasteiger charge is 2.25. The van der Waals surface area contributed by atoms with Gasteiger partial charge in [-0.2, -0.15) is 0 Å². The quantitative estimate of drug-likeness (QED) is 0.892. The first-order chi connectivity index (χ1) is 11.6. The Bertz CT molecular complexity index is 646. The third kappa shape index (κ3) is 4.04. The molecule has 1 fully saturated rings. The van der Waals surface area contributed by atoms with Crippen LogP contribution < -0.4 is 5.32 Å². The van der Waals surface area contributed by atoms with Crippen LogP contribution in [0.5, 0.6) is 0 Å². The molecule has 2 aliphatic heterocycles. The highest BCUT2D eigenvalue weighted by molar-refractivity contribution is 5.94. The third-order valence-electron chi connectivity index (χ3n) is 4.73. The molecule has 2 aliphatic rings. The van der Waals surface area contributed by atoms with E-state index in [1.54, 1.807) is 0 Å². The van der Waals surface area contributed by atoms with E-state index in [4.69, 9.17) is 0 Å². The summed E-state index contributed by atoms with van der Waals surface area (Å²) in [7, 11) is 0. The number of nitrogens with zero attached hydrogens (tertiary/aromatic N) is 2. The highest BCUT2D eigenvalue weighted by Crippen LogP contribution is 2.27. The van der Waals surface area contributed by atoms with E-state index in [2.05, 4.69) is 10.2 Å². The molecule has 0 atom stereocenters. The number of amides is 1. The van der Waals surface area contributed by atoms with Gasteiger partial charge in [-0.15, -0.1) is 0 Å². The molecular formula is C19H25N3O2. The van der Waals surface area contributed by atoms with E-state index in [9.17, 15) is 10.0 Å². The number of hydroxylamine groups is 2. The SMILES string of the molecule is Cc1cccc(C(=O)NCN2CCC(C3=CC=CCN3O)CC2)c1. The molecule has 5 heteroatoms. The number of benzene rings is 1. The average molecular weight is 327 g/mol. The van der Waals surface area contributed by atoms with Crippen LogP contribution in [0.15, 0.2) is 48.2 Å². The number of carbonyl (C=O) groups is 1. The Morgan fingerprint density at radius 3 is 2.83 bits per heavy atom. The fraction of sp³-hybridized carbons (Fsp3) is 0.421. The fourth-order valence-electron chi connectivity index (χ4n) is 3.32. The first-order valence-corrected chi connectivity index (χ1v) is 8.54. The van der Waals surface area contributed by atoms with E-state index in [0.717, 1.165) is 37.2 Å². The molecular weight excluding hydrogens is 302 g/mol. The summed E-state index contributed by atoms with van der Waals surface area (Å²) in [6.07, 6.45) is 7.95. The molecule has 0 aliphatic carbocycles. The molecule has 2 N–H and O–H groups in total. The number of rotatable bonds is 4. The summed E-state index contributed by atoms with van der Waals surface area (Å²) in [5, 5.41) is 14.3. The maximum Gasteiger partial charge on any atom is 0.252 e. The standard InChI is InChI=1S/C19H25N3O2/c1-15-5-4-6-17(13-15)19(23)20-14-21-11-8-16(9-12-21)18-7-2-3-10-22(18)24/h2-7,13,16,24H,8-12,14H2,1H3,(H,20,23). The van der Waals surface area contributed by atoms with Crippen LogP contribution in [-0.4, -0.2) is 47.4 Å². The van der Waals surface area contributed by atoms with Crippen LogP contribution in [0.2, 0.25) is 0 Å². The molecule has 0 spiro atoms. The molecule has 2 heterocycles. The first-order valence-electron chi connectivity index (χ1n) is 8.54. The minimum absolute atomic E-state index is 0.0255. The van der Waals surface area contributed by atoms with Gasteiger partial charge in [0.25, 0.3) is 5.91 Å². The number of likely N-dealkylation sites (tertiary alicyclic amines) is 1. The number of piperidine rings is 1. The summed E-state index contributed by atoms with van der Waals surface area (Å²) in [6.45, 7) is 4.97. The van der Waals surface area contributed by atoms with Crippen molar-refractivity contribution in [3.05, 3.63) is 59.3 Å². The average Bonchev–Trinajstić information content (AvgIpc) is 2.61. The Morgan fingerprint density at radius 2 is 2.12 bits per heavy atom. The van der Waals surface area contributed by atoms with E-state index < -0.39 is 0 Å². The third-order valence-corrected chi connectivity index (χ3v) is 4.73. The summed E-state index contributed by atoms with van der Waals surface area (Å²) >= 11 is 0. The molecule has 0 saturated carbocycles. The van der Waals surface area contributed by atoms with Gasteiger partial charge in [-0.1, -0.05) is 29.8 Å². The minimum Gasteiger partial charge on any atom is -0.339 e. The Hall–Kier alpha value is -2.11. The van der Waals surface area contributed by atoms with Gasteiger partial charge in [0.2, 0.25) is 0 Å². The lowest BCUT2D eigenvalue weighted by atomic mass is 9.92. The zero-order valence-corrected chi connectivity index (χ0v) is 14.1. The lowest BCUT2D eigenvalue weighted by Crippen LogP contribution is -2.43. The molecule has 0 unspecified atom stereocenters. The monoisotopic (exact) mass is 327 g/mol. The highest BCUT2D eigenvalue weighted by atomic mass is 16.5. The number of allylic oxidation sites excluding steroid dienone is 3. The smallest absolute Gasteiger partial charge is 0.252 e. The van der Waals surface area contributed by atoms with Crippen LogP contribution in [-0.2, 0) is 0 Å². The Labute approximate surface area is 143 Å². The Balaban J connectivity index is 1.46. The predicted molar refractivity (Wildman–Crippen MR) is 93.5 cm³/mol. The number of hydrogen-bond acceptors (Lipinski definition) is 4. The zero-order chi connectivity index (χ0) is 16.9. The molecule has 24 heavy (non-hydrogen) atoms.